The summed E-state index contributed by atoms with van der Waals surface area (Å²) in [5, 5.41) is 0. The van der Waals surface area contributed by atoms with Crippen LogP contribution in [-0.2, 0) is 10.0 Å². The highest BCUT2D eigenvalue weighted by Gasteiger charge is 2.20. The third-order valence-electron chi connectivity index (χ3n) is 4.41. The molecule has 0 spiro atoms. The third kappa shape index (κ3) is 4.57. The van der Waals surface area contributed by atoms with Gasteiger partial charge >= 0.3 is 0 Å². The van der Waals surface area contributed by atoms with Gasteiger partial charge in [-0.25, -0.2) is 21.9 Å². The number of hydrogen-bond donors (Lipinski definition) is 1. The van der Waals surface area contributed by atoms with Gasteiger partial charge in [0.25, 0.3) is 0 Å². The molecule has 0 atom stereocenters. The normalized spacial score (nSPS) is 16.0. The van der Waals surface area contributed by atoms with Crippen LogP contribution in [0.2, 0.25) is 0 Å². The van der Waals surface area contributed by atoms with Gasteiger partial charge in [0, 0.05) is 45.0 Å². The molecule has 0 unspecified atom stereocenters. The molecule has 1 aliphatic heterocycles. The fourth-order valence-corrected chi connectivity index (χ4v) is 4.06. The Morgan fingerprint density at radius 2 is 1.58 bits per heavy atom. The van der Waals surface area contributed by atoms with Crippen molar-refractivity contribution in [2.45, 2.75) is 4.90 Å². The molecule has 0 saturated carbocycles. The molecule has 3 rings (SSSR count). The maximum Gasteiger partial charge on any atom is 0.243 e. The molecule has 0 bridgehead atoms. The number of anilines is 1. The van der Waals surface area contributed by atoms with Crippen molar-refractivity contribution in [2.75, 3.05) is 44.2 Å². The number of nitrogens with zero attached hydrogens (tertiary/aromatic N) is 2. The quantitative estimate of drug-likeness (QED) is 0.832. The van der Waals surface area contributed by atoms with E-state index in [9.17, 15) is 17.2 Å². The molecule has 1 fully saturated rings. The Hall–Kier alpha value is -2.03. The van der Waals surface area contributed by atoms with Crippen LogP contribution in [0, 0.1) is 11.6 Å². The largest absolute Gasteiger partial charge is 0.369 e. The Morgan fingerprint density at radius 1 is 0.923 bits per heavy atom. The average molecular weight is 381 g/mol. The van der Waals surface area contributed by atoms with Gasteiger partial charge in [0.2, 0.25) is 10.0 Å². The Labute approximate surface area is 152 Å². The van der Waals surface area contributed by atoms with Crippen LogP contribution in [0.1, 0.15) is 0 Å². The maximum absolute atomic E-state index is 13.6. The topological polar surface area (TPSA) is 52.7 Å². The second-order valence-electron chi connectivity index (χ2n) is 6.13. The van der Waals surface area contributed by atoms with Crippen LogP contribution in [0.25, 0.3) is 0 Å². The Balaban J connectivity index is 1.47. The molecule has 5 nitrogen and oxygen atoms in total. The lowest BCUT2D eigenvalue weighted by Crippen LogP contribution is -2.48. The summed E-state index contributed by atoms with van der Waals surface area (Å²) >= 11 is 0. The summed E-state index contributed by atoms with van der Waals surface area (Å²) in [4.78, 5) is 3.98. The van der Waals surface area contributed by atoms with Crippen LogP contribution >= 0.6 is 0 Å². The highest BCUT2D eigenvalue weighted by atomic mass is 32.2. The first kappa shape index (κ1) is 18.8. The van der Waals surface area contributed by atoms with E-state index in [4.69, 9.17) is 0 Å². The summed E-state index contributed by atoms with van der Waals surface area (Å²) in [5.74, 6) is -1.01. The summed E-state index contributed by atoms with van der Waals surface area (Å²) < 4.78 is 53.4. The molecule has 0 radical (unpaired) electrons. The van der Waals surface area contributed by atoms with Crippen LogP contribution < -0.4 is 9.62 Å². The van der Waals surface area contributed by atoms with Crippen molar-refractivity contribution < 1.29 is 17.2 Å². The second kappa shape index (κ2) is 8.11. The van der Waals surface area contributed by atoms with Gasteiger partial charge in [0.1, 0.15) is 16.5 Å². The van der Waals surface area contributed by atoms with E-state index in [1.165, 1.54) is 30.3 Å². The summed E-state index contributed by atoms with van der Waals surface area (Å²) in [6.45, 7) is 3.88. The molecule has 1 N–H and O–H groups in total. The zero-order valence-electron chi connectivity index (χ0n) is 14.2. The molecule has 1 saturated heterocycles. The zero-order chi connectivity index (χ0) is 18.6. The van der Waals surface area contributed by atoms with E-state index >= 15 is 0 Å². The van der Waals surface area contributed by atoms with Crippen molar-refractivity contribution in [1.82, 2.24) is 9.62 Å². The van der Waals surface area contributed by atoms with E-state index in [-0.39, 0.29) is 17.3 Å². The first-order chi connectivity index (χ1) is 12.5. The molecule has 0 aromatic heterocycles. The lowest BCUT2D eigenvalue weighted by molar-refractivity contribution is 0.262. The van der Waals surface area contributed by atoms with Gasteiger partial charge in [-0.1, -0.05) is 12.1 Å². The van der Waals surface area contributed by atoms with Crippen molar-refractivity contribution in [3.8, 4) is 0 Å². The molecule has 26 heavy (non-hydrogen) atoms. The Bertz CT molecular complexity index is 836. The van der Waals surface area contributed by atoms with E-state index in [2.05, 4.69) is 14.5 Å². The molecular formula is C18H21F2N3O2S. The molecule has 2 aromatic carbocycles. The number of rotatable bonds is 6. The predicted octanol–water partition coefficient (Wildman–Crippen LogP) is 2.07. The Kier molecular flexibility index (Phi) is 5.85. The van der Waals surface area contributed by atoms with Crippen molar-refractivity contribution in [3.05, 3.63) is 60.2 Å². The van der Waals surface area contributed by atoms with Crippen molar-refractivity contribution in [2.24, 2.45) is 0 Å². The highest BCUT2D eigenvalue weighted by Crippen LogP contribution is 2.17. The van der Waals surface area contributed by atoms with Gasteiger partial charge in [-0.2, -0.15) is 0 Å². The van der Waals surface area contributed by atoms with Crippen LogP contribution in [0.3, 0.4) is 0 Å². The fourth-order valence-electron chi connectivity index (χ4n) is 2.96. The van der Waals surface area contributed by atoms with E-state index in [0.29, 0.717) is 6.54 Å². The molecule has 8 heteroatoms. The van der Waals surface area contributed by atoms with Gasteiger partial charge in [-0.15, -0.1) is 0 Å². The second-order valence-corrected chi connectivity index (χ2v) is 7.87. The number of benzene rings is 2. The minimum atomic E-state index is -3.85. The molecule has 1 heterocycles. The van der Waals surface area contributed by atoms with Gasteiger partial charge < -0.3 is 4.90 Å². The number of halogens is 2. The highest BCUT2D eigenvalue weighted by molar-refractivity contribution is 7.89. The van der Waals surface area contributed by atoms with Gasteiger partial charge in [0.05, 0.1) is 0 Å². The van der Waals surface area contributed by atoms with Crippen molar-refractivity contribution in [1.29, 1.82) is 0 Å². The van der Waals surface area contributed by atoms with Crippen molar-refractivity contribution >= 4 is 15.7 Å². The maximum atomic E-state index is 13.6. The van der Waals surface area contributed by atoms with E-state index in [1.54, 1.807) is 12.1 Å². The number of piperazine rings is 1. The monoisotopic (exact) mass is 381 g/mol. The van der Waals surface area contributed by atoms with Crippen LogP contribution in [0.4, 0.5) is 14.5 Å². The van der Waals surface area contributed by atoms with E-state index in [1.807, 2.05) is 0 Å². The summed E-state index contributed by atoms with van der Waals surface area (Å²) in [6.07, 6.45) is 0. The predicted molar refractivity (Wildman–Crippen MR) is 96.6 cm³/mol. The minimum Gasteiger partial charge on any atom is -0.369 e. The average Bonchev–Trinajstić information content (AvgIpc) is 2.63. The summed E-state index contributed by atoms with van der Waals surface area (Å²) in [5.41, 5.74) is 0.978. The standard InChI is InChI=1S/C18H21F2N3O2S/c19-15-5-7-16(8-6-15)23-13-11-22(12-14-23)10-9-21-26(24,25)18-4-2-1-3-17(18)20/h1-8,21H,9-14H2. The smallest absolute Gasteiger partial charge is 0.243 e. The SMILES string of the molecule is O=S(=O)(NCCN1CCN(c2ccc(F)cc2)CC1)c1ccccc1F. The third-order valence-corrected chi connectivity index (χ3v) is 5.90. The molecular weight excluding hydrogens is 360 g/mol. The lowest BCUT2D eigenvalue weighted by Gasteiger charge is -2.36. The van der Waals surface area contributed by atoms with Crippen molar-refractivity contribution in [3.63, 3.8) is 0 Å². The van der Waals surface area contributed by atoms with Crippen LogP contribution in [0.5, 0.6) is 0 Å². The number of nitrogens with one attached hydrogen (secondary N) is 1. The first-order valence-corrected chi connectivity index (χ1v) is 9.91. The first-order valence-electron chi connectivity index (χ1n) is 8.43. The minimum absolute atomic E-state index is 0.215. The molecule has 0 amide bonds. The summed E-state index contributed by atoms with van der Waals surface area (Å²) in [7, 11) is -3.85. The summed E-state index contributed by atoms with van der Waals surface area (Å²) in [6, 6.07) is 11.7. The lowest BCUT2D eigenvalue weighted by atomic mass is 10.2. The van der Waals surface area contributed by atoms with Gasteiger partial charge in [-0.05, 0) is 36.4 Å². The molecule has 0 aliphatic carbocycles. The zero-order valence-corrected chi connectivity index (χ0v) is 15.1. The van der Waals surface area contributed by atoms with E-state index in [0.717, 1.165) is 37.9 Å². The Morgan fingerprint density at radius 3 is 2.23 bits per heavy atom. The molecule has 140 valence electrons. The fraction of sp³-hybridized carbons (Fsp3) is 0.333. The molecule has 1 aliphatic rings. The number of hydrogen-bond acceptors (Lipinski definition) is 4. The van der Waals surface area contributed by atoms with Crippen LogP contribution in [0.15, 0.2) is 53.4 Å². The molecule has 2 aromatic rings. The van der Waals surface area contributed by atoms with E-state index < -0.39 is 15.8 Å². The van der Waals surface area contributed by atoms with Gasteiger partial charge in [0.15, 0.2) is 0 Å². The number of sulfonamides is 1. The van der Waals surface area contributed by atoms with Crippen LogP contribution in [-0.4, -0.2) is 52.6 Å². The van der Waals surface area contributed by atoms with Gasteiger partial charge in [-0.3, -0.25) is 4.90 Å².